The van der Waals surface area contributed by atoms with Gasteiger partial charge in [0.15, 0.2) is 6.29 Å². The minimum atomic E-state index is -1.60. The van der Waals surface area contributed by atoms with E-state index in [9.17, 15) is 35.4 Å². The van der Waals surface area contributed by atoms with Crippen LogP contribution in [0.5, 0.6) is 0 Å². The van der Waals surface area contributed by atoms with Crippen LogP contribution in [0.2, 0.25) is 0 Å². The van der Waals surface area contributed by atoms with Crippen LogP contribution in [0, 0.1) is 0 Å². The van der Waals surface area contributed by atoms with Gasteiger partial charge in [-0.1, -0.05) is 231 Å². The van der Waals surface area contributed by atoms with Gasteiger partial charge in [0, 0.05) is 0 Å². The van der Waals surface area contributed by atoms with E-state index < -0.39 is 61.5 Å². The number of unbranched alkanes of at least 4 members (excludes halogenated alkanes) is 31. The number of amides is 1. The van der Waals surface area contributed by atoms with E-state index >= 15 is 0 Å². The molecule has 64 heavy (non-hydrogen) atoms. The molecule has 1 aliphatic rings. The van der Waals surface area contributed by atoms with E-state index in [0.717, 1.165) is 64.2 Å². The van der Waals surface area contributed by atoms with Gasteiger partial charge in [-0.3, -0.25) is 4.79 Å². The highest BCUT2D eigenvalue weighted by molar-refractivity contribution is 5.80. The second-order valence-corrected chi connectivity index (χ2v) is 19.2. The molecule has 10 heteroatoms. The number of ether oxygens (including phenoxy) is 2. The van der Waals surface area contributed by atoms with Crippen molar-refractivity contribution in [2.45, 2.75) is 300 Å². The van der Waals surface area contributed by atoms with Gasteiger partial charge >= 0.3 is 0 Å². The molecule has 1 aliphatic heterocycles. The highest BCUT2D eigenvalue weighted by atomic mass is 16.7. The number of nitrogens with one attached hydrogen (secondary N) is 1. The maximum atomic E-state index is 13.1. The van der Waals surface area contributed by atoms with Crippen LogP contribution in [-0.2, 0) is 14.3 Å². The van der Waals surface area contributed by atoms with Crippen LogP contribution in [0.4, 0.5) is 0 Å². The minimum Gasteiger partial charge on any atom is -0.394 e. The second-order valence-electron chi connectivity index (χ2n) is 19.2. The van der Waals surface area contributed by atoms with Crippen molar-refractivity contribution in [1.29, 1.82) is 0 Å². The lowest BCUT2D eigenvalue weighted by molar-refractivity contribution is -0.302. The quantitative estimate of drug-likeness (QED) is 0.0232. The van der Waals surface area contributed by atoms with Gasteiger partial charge in [-0.2, -0.15) is 0 Å². The lowest BCUT2D eigenvalue weighted by Gasteiger charge is -2.40. The van der Waals surface area contributed by atoms with Crippen molar-refractivity contribution in [3.05, 3.63) is 24.3 Å². The van der Waals surface area contributed by atoms with E-state index in [1.165, 1.54) is 161 Å². The summed E-state index contributed by atoms with van der Waals surface area (Å²) < 4.78 is 11.2. The zero-order chi connectivity index (χ0) is 46.7. The first-order valence-electron chi connectivity index (χ1n) is 27.1. The summed E-state index contributed by atoms with van der Waals surface area (Å²) >= 11 is 0. The molecule has 0 spiro atoms. The van der Waals surface area contributed by atoms with Crippen LogP contribution in [0.25, 0.3) is 0 Å². The molecular formula is C54H103NO9. The van der Waals surface area contributed by atoms with E-state index in [0.29, 0.717) is 12.8 Å². The van der Waals surface area contributed by atoms with E-state index in [-0.39, 0.29) is 6.61 Å². The molecule has 0 aromatic rings. The third-order valence-corrected chi connectivity index (χ3v) is 13.2. The first-order chi connectivity index (χ1) is 31.3. The Kier molecular flexibility index (Phi) is 41.8. The first-order valence-corrected chi connectivity index (χ1v) is 27.1. The van der Waals surface area contributed by atoms with Crippen LogP contribution in [0.3, 0.4) is 0 Å². The Morgan fingerprint density at radius 3 is 1.34 bits per heavy atom. The van der Waals surface area contributed by atoms with Crippen LogP contribution >= 0.6 is 0 Å². The largest absolute Gasteiger partial charge is 0.394 e. The van der Waals surface area contributed by atoms with Gasteiger partial charge in [0.25, 0.3) is 0 Å². The number of hydrogen-bond acceptors (Lipinski definition) is 9. The molecule has 0 saturated carbocycles. The summed E-state index contributed by atoms with van der Waals surface area (Å²) in [5, 5.41) is 65.1. The second kappa shape index (κ2) is 44.2. The molecule has 0 bridgehead atoms. The third kappa shape index (κ3) is 33.2. The third-order valence-electron chi connectivity index (χ3n) is 13.2. The average Bonchev–Trinajstić information content (AvgIpc) is 3.29. The Morgan fingerprint density at radius 1 is 0.531 bits per heavy atom. The summed E-state index contributed by atoms with van der Waals surface area (Å²) in [7, 11) is 0. The molecular weight excluding hydrogens is 807 g/mol. The zero-order valence-corrected chi connectivity index (χ0v) is 41.4. The summed E-state index contributed by atoms with van der Waals surface area (Å²) in [5.74, 6) is -0.586. The van der Waals surface area contributed by atoms with Crippen LogP contribution in [0.15, 0.2) is 24.3 Å². The maximum absolute atomic E-state index is 13.1. The van der Waals surface area contributed by atoms with E-state index in [1.807, 2.05) is 0 Å². The minimum absolute atomic E-state index is 0.256. The molecule has 0 radical (unpaired) electrons. The predicted octanol–water partition coefficient (Wildman–Crippen LogP) is 11.6. The van der Waals surface area contributed by atoms with Crippen LogP contribution < -0.4 is 5.32 Å². The number of aliphatic hydroxyl groups is 6. The fourth-order valence-electron chi connectivity index (χ4n) is 8.73. The Bertz CT molecular complexity index is 1070. The monoisotopic (exact) mass is 910 g/mol. The fraction of sp³-hybridized carbons (Fsp3) is 0.907. The molecule has 1 heterocycles. The number of hydrogen-bond donors (Lipinski definition) is 7. The predicted molar refractivity (Wildman–Crippen MR) is 264 cm³/mol. The van der Waals surface area contributed by atoms with E-state index in [2.05, 4.69) is 43.5 Å². The van der Waals surface area contributed by atoms with Crippen molar-refractivity contribution in [1.82, 2.24) is 5.32 Å². The number of rotatable bonds is 46. The van der Waals surface area contributed by atoms with Gasteiger partial charge in [0.2, 0.25) is 5.91 Å². The normalized spacial score (nSPS) is 20.7. The highest BCUT2D eigenvalue weighted by Crippen LogP contribution is 2.23. The molecule has 0 aromatic heterocycles. The van der Waals surface area contributed by atoms with Gasteiger partial charge in [0.1, 0.15) is 30.5 Å². The highest BCUT2D eigenvalue weighted by Gasteiger charge is 2.44. The molecule has 378 valence electrons. The summed E-state index contributed by atoms with van der Waals surface area (Å²) in [6, 6.07) is -0.896. The average molecular weight is 910 g/mol. The number of aliphatic hydroxyl groups excluding tert-OH is 6. The smallest absolute Gasteiger partial charge is 0.249 e. The Morgan fingerprint density at radius 2 is 0.922 bits per heavy atom. The number of carbonyl (C=O) groups excluding carboxylic acids is 1. The molecule has 1 rings (SSSR count). The zero-order valence-electron chi connectivity index (χ0n) is 41.4. The lowest BCUT2D eigenvalue weighted by Crippen LogP contribution is -2.60. The summed E-state index contributed by atoms with van der Waals surface area (Å²) in [5.41, 5.74) is 0. The van der Waals surface area contributed by atoms with Crippen molar-refractivity contribution < 1.29 is 44.9 Å². The molecule has 8 unspecified atom stereocenters. The van der Waals surface area contributed by atoms with Crippen molar-refractivity contribution in [3.63, 3.8) is 0 Å². The molecule has 10 nitrogen and oxygen atoms in total. The Hall–Kier alpha value is -1.37. The topological polar surface area (TPSA) is 169 Å². The lowest BCUT2D eigenvalue weighted by atomic mass is 9.99. The first kappa shape index (κ1) is 60.6. The van der Waals surface area contributed by atoms with Gasteiger partial charge < -0.3 is 45.4 Å². The molecule has 0 aromatic carbocycles. The van der Waals surface area contributed by atoms with E-state index in [1.54, 1.807) is 0 Å². The number of carbonyl (C=O) groups is 1. The Labute approximate surface area is 392 Å². The summed E-state index contributed by atoms with van der Waals surface area (Å²) in [4.78, 5) is 13.1. The van der Waals surface area contributed by atoms with Crippen molar-refractivity contribution >= 4 is 5.91 Å². The SMILES string of the molecule is CCCCCCCCCCC/C=C\C/C=C\CCCCCCCCCCC(O)C(=O)NC(COC1OC(CO)C(O)C(O)C1O)C(O)CCCCCCCCCCCCCCCCC. The van der Waals surface area contributed by atoms with E-state index in [4.69, 9.17) is 9.47 Å². The van der Waals surface area contributed by atoms with Crippen LogP contribution in [-0.4, -0.2) is 98.7 Å². The van der Waals surface area contributed by atoms with Gasteiger partial charge in [-0.15, -0.1) is 0 Å². The number of allylic oxidation sites excluding steroid dienone is 4. The summed E-state index contributed by atoms with van der Waals surface area (Å²) in [6.07, 6.45) is 43.7. The fourth-order valence-corrected chi connectivity index (χ4v) is 8.73. The molecule has 7 N–H and O–H groups in total. The Balaban J connectivity index is 2.28. The molecule has 1 amide bonds. The van der Waals surface area contributed by atoms with Crippen LogP contribution in [0.1, 0.15) is 251 Å². The molecule has 8 atom stereocenters. The standard InChI is InChI=1S/C54H103NO9/c1-3-5-7-9-11-13-15-17-19-20-21-22-23-24-25-26-27-29-31-33-35-37-39-41-43-48(58)53(62)55-46(45-63-54-52(61)51(60)50(59)49(44-56)64-54)47(57)42-40-38-36-34-32-30-28-18-16-14-12-10-8-6-4-2/h21-22,24-25,46-52,54,56-61H,3-20,23,26-45H2,1-2H3,(H,55,62)/b22-21-,25-24-. The van der Waals surface area contributed by atoms with Crippen molar-refractivity contribution in [2.75, 3.05) is 13.2 Å². The maximum Gasteiger partial charge on any atom is 0.249 e. The molecule has 1 fully saturated rings. The van der Waals surface area contributed by atoms with Gasteiger partial charge in [0.05, 0.1) is 25.4 Å². The van der Waals surface area contributed by atoms with Gasteiger partial charge in [-0.25, -0.2) is 0 Å². The van der Waals surface area contributed by atoms with Crippen molar-refractivity contribution in [3.8, 4) is 0 Å². The molecule has 1 saturated heterocycles. The summed E-state index contributed by atoms with van der Waals surface area (Å²) in [6.45, 7) is 3.69. The molecule has 0 aliphatic carbocycles. The van der Waals surface area contributed by atoms with Crippen molar-refractivity contribution in [2.24, 2.45) is 0 Å². The van der Waals surface area contributed by atoms with Gasteiger partial charge in [-0.05, 0) is 44.9 Å².